The number of fused-ring (bicyclic) bond motifs is 1. The zero-order valence-electron chi connectivity index (χ0n) is 10.2. The molecule has 0 saturated heterocycles. The van der Waals surface area contributed by atoms with Crippen molar-refractivity contribution in [3.8, 4) is 0 Å². The van der Waals surface area contributed by atoms with Crippen LogP contribution in [0.2, 0.25) is 0 Å². The van der Waals surface area contributed by atoms with Crippen molar-refractivity contribution >= 4 is 22.5 Å². The number of carbonyl (C=O) groups excluding carboxylic acids is 1. The summed E-state index contributed by atoms with van der Waals surface area (Å²) >= 11 is 0. The van der Waals surface area contributed by atoms with E-state index in [1.165, 1.54) is 12.1 Å². The van der Waals surface area contributed by atoms with Crippen LogP contribution >= 0.6 is 0 Å². The van der Waals surface area contributed by atoms with E-state index in [0.717, 1.165) is 11.5 Å². The predicted molar refractivity (Wildman–Crippen MR) is 70.4 cm³/mol. The molecule has 4 nitrogen and oxygen atoms in total. The molecule has 20 heavy (non-hydrogen) atoms. The number of hydrogen-bond acceptors (Lipinski definition) is 2. The molecule has 2 N–H and O–H groups in total. The number of aromatic nitrogens is 2. The maximum atomic E-state index is 13.6. The van der Waals surface area contributed by atoms with Crippen LogP contribution in [0.1, 0.15) is 10.4 Å². The average Bonchev–Trinajstić information content (AvgIpc) is 2.91. The molecular formula is C14H9F2N3O. The third-order valence-corrected chi connectivity index (χ3v) is 2.92. The zero-order chi connectivity index (χ0) is 14.1. The van der Waals surface area contributed by atoms with E-state index in [1.807, 2.05) is 6.07 Å². The third kappa shape index (κ3) is 2.01. The van der Waals surface area contributed by atoms with Crippen LogP contribution in [0.4, 0.5) is 14.5 Å². The van der Waals surface area contributed by atoms with E-state index in [-0.39, 0.29) is 5.56 Å². The molecule has 2 aromatic carbocycles. The van der Waals surface area contributed by atoms with E-state index in [9.17, 15) is 13.6 Å². The first kappa shape index (κ1) is 12.3. The summed E-state index contributed by atoms with van der Waals surface area (Å²) in [6.07, 6.45) is 1.60. The number of rotatable bonds is 2. The summed E-state index contributed by atoms with van der Waals surface area (Å²) in [5.74, 6) is -2.94. The van der Waals surface area contributed by atoms with Crippen LogP contribution in [-0.4, -0.2) is 16.1 Å². The summed E-state index contributed by atoms with van der Waals surface area (Å²) in [5.41, 5.74) is 0.729. The minimum Gasteiger partial charge on any atom is -0.320 e. The summed E-state index contributed by atoms with van der Waals surface area (Å²) in [5, 5.41) is 9.95. The lowest BCUT2D eigenvalue weighted by Gasteiger charge is -2.07. The van der Waals surface area contributed by atoms with Gasteiger partial charge in [0.2, 0.25) is 0 Å². The van der Waals surface area contributed by atoms with Gasteiger partial charge in [-0.2, -0.15) is 5.10 Å². The van der Waals surface area contributed by atoms with Gasteiger partial charge in [-0.3, -0.25) is 9.89 Å². The van der Waals surface area contributed by atoms with Crippen molar-refractivity contribution < 1.29 is 13.6 Å². The standard InChI is InChI=1S/C14H9F2N3O/c15-10-5-2-4-9(12(10)16)14(20)18-11-6-1-3-8-7-17-19-13(8)11/h1-7H,(H,17,19)(H,18,20). The molecule has 0 saturated carbocycles. The normalized spacial score (nSPS) is 10.7. The molecule has 100 valence electrons. The van der Waals surface area contributed by atoms with Crippen molar-refractivity contribution in [1.29, 1.82) is 0 Å². The number of amides is 1. The fourth-order valence-electron chi connectivity index (χ4n) is 1.94. The number of benzene rings is 2. The van der Waals surface area contributed by atoms with E-state index in [4.69, 9.17) is 0 Å². The topological polar surface area (TPSA) is 57.8 Å². The maximum Gasteiger partial charge on any atom is 0.258 e. The number of anilines is 1. The van der Waals surface area contributed by atoms with Crippen LogP contribution in [-0.2, 0) is 0 Å². The molecule has 0 atom stereocenters. The first-order valence-electron chi connectivity index (χ1n) is 5.84. The second-order valence-corrected chi connectivity index (χ2v) is 4.20. The number of H-pyrrole nitrogens is 1. The van der Waals surface area contributed by atoms with E-state index in [2.05, 4.69) is 15.5 Å². The highest BCUT2D eigenvalue weighted by molar-refractivity contribution is 6.08. The molecule has 0 fully saturated rings. The first-order chi connectivity index (χ1) is 9.66. The van der Waals surface area contributed by atoms with Crippen LogP contribution in [0.25, 0.3) is 10.9 Å². The first-order valence-corrected chi connectivity index (χ1v) is 5.84. The number of para-hydroxylation sites is 1. The number of nitrogens with zero attached hydrogens (tertiary/aromatic N) is 1. The molecule has 0 unspecified atom stereocenters. The van der Waals surface area contributed by atoms with Crippen LogP contribution in [0.5, 0.6) is 0 Å². The van der Waals surface area contributed by atoms with Gasteiger partial charge in [-0.1, -0.05) is 18.2 Å². The van der Waals surface area contributed by atoms with E-state index < -0.39 is 17.5 Å². The van der Waals surface area contributed by atoms with Gasteiger partial charge in [0.15, 0.2) is 11.6 Å². The van der Waals surface area contributed by atoms with E-state index >= 15 is 0 Å². The Kier molecular flexibility index (Phi) is 2.90. The molecule has 0 aliphatic heterocycles. The fraction of sp³-hybridized carbons (Fsp3) is 0. The van der Waals surface area contributed by atoms with Crippen molar-refractivity contribution in [3.05, 3.63) is 59.8 Å². The number of nitrogens with one attached hydrogen (secondary N) is 2. The largest absolute Gasteiger partial charge is 0.320 e. The van der Waals surface area contributed by atoms with Crippen molar-refractivity contribution in [3.63, 3.8) is 0 Å². The van der Waals surface area contributed by atoms with Gasteiger partial charge in [-0.05, 0) is 18.2 Å². The Morgan fingerprint density at radius 2 is 1.95 bits per heavy atom. The van der Waals surface area contributed by atoms with Gasteiger partial charge in [-0.25, -0.2) is 8.78 Å². The SMILES string of the molecule is O=C(Nc1cccc2cn[nH]c12)c1cccc(F)c1F. The number of aromatic amines is 1. The Morgan fingerprint density at radius 1 is 1.15 bits per heavy atom. The highest BCUT2D eigenvalue weighted by Crippen LogP contribution is 2.21. The maximum absolute atomic E-state index is 13.6. The number of carbonyl (C=O) groups is 1. The fourth-order valence-corrected chi connectivity index (χ4v) is 1.94. The van der Waals surface area contributed by atoms with Gasteiger partial charge >= 0.3 is 0 Å². The molecule has 1 aromatic heterocycles. The molecule has 6 heteroatoms. The Morgan fingerprint density at radius 3 is 2.80 bits per heavy atom. The van der Waals surface area contributed by atoms with E-state index in [1.54, 1.807) is 18.3 Å². The Hall–Kier alpha value is -2.76. The van der Waals surface area contributed by atoms with Crippen LogP contribution in [0.3, 0.4) is 0 Å². The minimum absolute atomic E-state index is 0.346. The zero-order valence-corrected chi connectivity index (χ0v) is 10.2. The summed E-state index contributed by atoms with van der Waals surface area (Å²) in [6.45, 7) is 0. The molecule has 0 spiro atoms. The molecule has 0 aliphatic carbocycles. The lowest BCUT2D eigenvalue weighted by molar-refractivity contribution is 0.102. The lowest BCUT2D eigenvalue weighted by atomic mass is 10.1. The second-order valence-electron chi connectivity index (χ2n) is 4.20. The predicted octanol–water partition coefficient (Wildman–Crippen LogP) is 3.09. The van der Waals surface area contributed by atoms with Gasteiger partial charge in [0, 0.05) is 5.39 Å². The third-order valence-electron chi connectivity index (χ3n) is 2.92. The highest BCUT2D eigenvalue weighted by atomic mass is 19.2. The van der Waals surface area contributed by atoms with Gasteiger partial charge in [0.1, 0.15) is 0 Å². The van der Waals surface area contributed by atoms with Gasteiger partial charge < -0.3 is 5.32 Å². The summed E-state index contributed by atoms with van der Waals surface area (Å²) in [4.78, 5) is 12.0. The molecule has 0 radical (unpaired) electrons. The number of hydrogen-bond donors (Lipinski definition) is 2. The Labute approximate surface area is 112 Å². The quantitative estimate of drug-likeness (QED) is 0.753. The highest BCUT2D eigenvalue weighted by Gasteiger charge is 2.16. The van der Waals surface area contributed by atoms with E-state index in [0.29, 0.717) is 11.2 Å². The molecule has 0 aliphatic rings. The van der Waals surface area contributed by atoms with Crippen molar-refractivity contribution in [2.75, 3.05) is 5.32 Å². The molecule has 3 aromatic rings. The molecule has 3 rings (SSSR count). The molecule has 0 bridgehead atoms. The average molecular weight is 273 g/mol. The number of halogens is 2. The lowest BCUT2D eigenvalue weighted by Crippen LogP contribution is -2.14. The Bertz CT molecular complexity index is 798. The van der Waals surface area contributed by atoms with Crippen LogP contribution in [0.15, 0.2) is 42.6 Å². The Balaban J connectivity index is 1.97. The minimum atomic E-state index is -1.17. The second kappa shape index (κ2) is 4.73. The van der Waals surface area contributed by atoms with Crippen LogP contribution < -0.4 is 5.32 Å². The van der Waals surface area contributed by atoms with Crippen molar-refractivity contribution in [2.24, 2.45) is 0 Å². The van der Waals surface area contributed by atoms with Crippen molar-refractivity contribution in [2.45, 2.75) is 0 Å². The van der Waals surface area contributed by atoms with Gasteiger partial charge in [-0.15, -0.1) is 0 Å². The molecular weight excluding hydrogens is 264 g/mol. The molecule has 1 amide bonds. The smallest absolute Gasteiger partial charge is 0.258 e. The van der Waals surface area contributed by atoms with Gasteiger partial charge in [0.05, 0.1) is 23.0 Å². The summed E-state index contributed by atoms with van der Waals surface area (Å²) in [7, 11) is 0. The summed E-state index contributed by atoms with van der Waals surface area (Å²) in [6, 6.07) is 8.66. The van der Waals surface area contributed by atoms with Gasteiger partial charge in [0.25, 0.3) is 5.91 Å². The monoisotopic (exact) mass is 273 g/mol. The molecule has 1 heterocycles. The van der Waals surface area contributed by atoms with Crippen molar-refractivity contribution in [1.82, 2.24) is 10.2 Å². The van der Waals surface area contributed by atoms with Crippen LogP contribution in [0, 0.1) is 11.6 Å². The summed E-state index contributed by atoms with van der Waals surface area (Å²) < 4.78 is 26.7.